The van der Waals surface area contributed by atoms with E-state index in [1.54, 1.807) is 0 Å². The Hall–Kier alpha value is -2.35. The van der Waals surface area contributed by atoms with Gasteiger partial charge in [-0.05, 0) is 38.3 Å². The van der Waals surface area contributed by atoms with Crippen LogP contribution in [0.4, 0.5) is 11.8 Å². The lowest BCUT2D eigenvalue weighted by Crippen LogP contribution is -2.38. The van der Waals surface area contributed by atoms with E-state index in [-0.39, 0.29) is 29.4 Å². The Labute approximate surface area is 182 Å². The third-order valence-corrected chi connectivity index (χ3v) is 7.09. The van der Waals surface area contributed by atoms with Crippen LogP contribution in [0.2, 0.25) is 0 Å². The van der Waals surface area contributed by atoms with Gasteiger partial charge >= 0.3 is 7.60 Å². The molecular weight excluding hydrogens is 447 g/mol. The Kier molecular flexibility index (Phi) is 6.23. The second-order valence-corrected chi connectivity index (χ2v) is 10.8. The van der Waals surface area contributed by atoms with Crippen molar-refractivity contribution >= 4 is 30.5 Å². The second kappa shape index (κ2) is 8.21. The molecule has 1 aliphatic rings. The molecule has 0 bridgehead atoms. The van der Waals surface area contributed by atoms with Crippen molar-refractivity contribution < 1.29 is 34.0 Å². The smallest absolute Gasteiger partial charge is 0.359 e. The van der Waals surface area contributed by atoms with E-state index in [9.17, 15) is 24.8 Å². The van der Waals surface area contributed by atoms with Crippen molar-refractivity contribution in [3.63, 3.8) is 0 Å². The van der Waals surface area contributed by atoms with Gasteiger partial charge in [-0.1, -0.05) is 0 Å². The fourth-order valence-corrected chi connectivity index (χ4v) is 4.31. The third-order valence-electron chi connectivity index (χ3n) is 4.97. The van der Waals surface area contributed by atoms with Gasteiger partial charge in [-0.2, -0.15) is 0 Å². The molecule has 32 heavy (non-hydrogen) atoms. The predicted octanol–water partition coefficient (Wildman–Crippen LogP) is 1.07. The zero-order valence-corrected chi connectivity index (χ0v) is 18.7. The summed E-state index contributed by atoms with van der Waals surface area (Å²) in [5.74, 6) is -0.212. The van der Waals surface area contributed by atoms with Gasteiger partial charge in [0, 0.05) is 11.3 Å². The summed E-state index contributed by atoms with van der Waals surface area (Å²) in [6, 6.07) is 0. The van der Waals surface area contributed by atoms with Crippen molar-refractivity contribution in [3.8, 4) is 0 Å². The number of nitrogens with two attached hydrogens (primary N) is 1. The number of aliphatic hydroxyl groups is 3. The number of aliphatic hydroxyl groups excluding tert-OH is 2. The van der Waals surface area contributed by atoms with Gasteiger partial charge in [0.05, 0.1) is 11.7 Å². The summed E-state index contributed by atoms with van der Waals surface area (Å²) >= 11 is 0. The van der Waals surface area contributed by atoms with E-state index in [2.05, 4.69) is 25.0 Å². The van der Waals surface area contributed by atoms with Crippen LogP contribution in [0, 0.1) is 0 Å². The zero-order valence-electron chi connectivity index (χ0n) is 17.8. The van der Waals surface area contributed by atoms with E-state index in [0.29, 0.717) is 0 Å². The Morgan fingerprint density at radius 1 is 1.34 bits per heavy atom. The van der Waals surface area contributed by atoms with Crippen LogP contribution >= 0.6 is 7.60 Å². The lowest BCUT2D eigenvalue weighted by Gasteiger charge is -2.34. The highest BCUT2D eigenvalue weighted by atomic mass is 31.2. The molecule has 0 amide bonds. The summed E-state index contributed by atoms with van der Waals surface area (Å²) in [6.07, 6.45) is -4.28. The SMILES string of the molecule is CC(C)(C[C@H]1OC(n2c(N=[N+]=[N-])nc3c(N)ncnc32)[C@H](O)[C@@H]1O)OP(=O)(O)C(C)(C)O. The van der Waals surface area contributed by atoms with Crippen LogP contribution in [0.15, 0.2) is 11.4 Å². The molecule has 0 saturated carbocycles. The number of ether oxygens (including phenoxy) is 1. The fraction of sp³-hybridized carbons (Fsp3) is 0.688. The number of aromatic nitrogens is 4. The number of fused-ring (bicyclic) bond motifs is 1. The minimum atomic E-state index is -4.45. The number of nitrogens with zero attached hydrogens (tertiary/aromatic N) is 7. The summed E-state index contributed by atoms with van der Waals surface area (Å²) in [5.41, 5.74) is 13.5. The van der Waals surface area contributed by atoms with E-state index in [1.165, 1.54) is 18.4 Å². The highest BCUT2D eigenvalue weighted by molar-refractivity contribution is 7.54. The van der Waals surface area contributed by atoms with Gasteiger partial charge in [-0.3, -0.25) is 9.13 Å². The highest BCUT2D eigenvalue weighted by Crippen LogP contribution is 2.57. The molecule has 1 fully saturated rings. The molecular formula is C16H25N8O7P. The van der Waals surface area contributed by atoms with E-state index in [0.717, 1.165) is 20.2 Å². The average molecular weight is 472 g/mol. The molecule has 3 heterocycles. The molecule has 1 saturated heterocycles. The maximum atomic E-state index is 12.4. The fourth-order valence-electron chi connectivity index (χ4n) is 3.34. The molecule has 2 unspecified atom stereocenters. The van der Waals surface area contributed by atoms with Gasteiger partial charge in [-0.15, -0.1) is 0 Å². The molecule has 5 atom stereocenters. The quantitative estimate of drug-likeness (QED) is 0.165. The Bertz CT molecular complexity index is 1110. The zero-order chi connectivity index (χ0) is 24.1. The standard InChI is InChI=1S/C16H25N8O7P/c1-15(2,31-32(28,29)16(3,4)27)5-7-9(25)10(26)13(30-7)24-12-8(11(17)19-6-20-12)21-14(24)22-23-18/h6-7,9-10,13,25-27H,5H2,1-4H3,(H,28,29)(H2,17,19,20)/t7-,9-,10-,13?/m1/s1. The number of rotatable bonds is 7. The van der Waals surface area contributed by atoms with Gasteiger partial charge in [-0.25, -0.2) is 15.0 Å². The average Bonchev–Trinajstić information content (AvgIpc) is 3.13. The highest BCUT2D eigenvalue weighted by Gasteiger charge is 2.49. The molecule has 0 radical (unpaired) electrons. The van der Waals surface area contributed by atoms with E-state index >= 15 is 0 Å². The van der Waals surface area contributed by atoms with Gasteiger partial charge in [0.25, 0.3) is 0 Å². The molecule has 0 aromatic carbocycles. The van der Waals surface area contributed by atoms with Crippen LogP contribution in [-0.2, 0) is 13.8 Å². The van der Waals surface area contributed by atoms with Crippen LogP contribution in [0.5, 0.6) is 0 Å². The molecule has 3 rings (SSSR count). The lowest BCUT2D eigenvalue weighted by molar-refractivity contribution is -0.0624. The Morgan fingerprint density at radius 3 is 2.59 bits per heavy atom. The van der Waals surface area contributed by atoms with Gasteiger partial charge in [0.2, 0.25) is 5.95 Å². The van der Waals surface area contributed by atoms with Crippen LogP contribution in [-0.4, -0.2) is 69.0 Å². The predicted molar refractivity (Wildman–Crippen MR) is 110 cm³/mol. The maximum absolute atomic E-state index is 12.4. The lowest BCUT2D eigenvalue weighted by atomic mass is 9.97. The summed E-state index contributed by atoms with van der Waals surface area (Å²) < 4.78 is 24.6. The monoisotopic (exact) mass is 472 g/mol. The topological polar surface area (TPSA) is 235 Å². The molecule has 2 aromatic heterocycles. The summed E-state index contributed by atoms with van der Waals surface area (Å²) in [7, 11) is -4.45. The summed E-state index contributed by atoms with van der Waals surface area (Å²) in [4.78, 5) is 24.7. The van der Waals surface area contributed by atoms with Crippen molar-refractivity contribution in [3.05, 3.63) is 16.8 Å². The number of azide groups is 1. The number of anilines is 1. The Balaban J connectivity index is 1.92. The molecule has 0 aliphatic carbocycles. The van der Waals surface area contributed by atoms with Crippen LogP contribution in [0.3, 0.4) is 0 Å². The van der Waals surface area contributed by atoms with E-state index in [1.807, 2.05) is 0 Å². The first-order valence-corrected chi connectivity index (χ1v) is 11.1. The second-order valence-electron chi connectivity index (χ2n) is 8.52. The number of hydrogen-bond acceptors (Lipinski definition) is 11. The van der Waals surface area contributed by atoms with Crippen LogP contribution < -0.4 is 5.73 Å². The van der Waals surface area contributed by atoms with Crippen molar-refractivity contribution in [1.29, 1.82) is 0 Å². The molecule has 176 valence electrons. The van der Waals surface area contributed by atoms with Crippen molar-refractivity contribution in [1.82, 2.24) is 19.5 Å². The first-order valence-electron chi connectivity index (χ1n) is 9.49. The first-order chi connectivity index (χ1) is 14.7. The van der Waals surface area contributed by atoms with Crippen molar-refractivity contribution in [2.24, 2.45) is 5.11 Å². The first kappa shape index (κ1) is 24.3. The van der Waals surface area contributed by atoms with Crippen LogP contribution in [0.1, 0.15) is 40.3 Å². The molecule has 1 aliphatic heterocycles. The summed E-state index contributed by atoms with van der Waals surface area (Å²) in [6.45, 7) is 5.23. The largest absolute Gasteiger partial charge is 0.388 e. The number of nitrogen functional groups attached to an aromatic ring is 1. The van der Waals surface area contributed by atoms with Crippen LogP contribution in [0.25, 0.3) is 21.6 Å². The summed E-state index contributed by atoms with van der Waals surface area (Å²) in [5, 5.41) is 32.6. The van der Waals surface area contributed by atoms with Gasteiger partial charge < -0.3 is 35.2 Å². The molecule has 2 aromatic rings. The molecule has 16 heteroatoms. The number of hydrogen-bond donors (Lipinski definition) is 5. The molecule has 0 spiro atoms. The minimum absolute atomic E-state index is 0.00701. The van der Waals surface area contributed by atoms with Crippen molar-refractivity contribution in [2.75, 3.05) is 5.73 Å². The van der Waals surface area contributed by atoms with Gasteiger partial charge in [0.1, 0.15) is 18.5 Å². The van der Waals surface area contributed by atoms with Gasteiger partial charge in [0.15, 0.2) is 28.6 Å². The van der Waals surface area contributed by atoms with E-state index < -0.39 is 43.1 Å². The van der Waals surface area contributed by atoms with E-state index in [4.69, 9.17) is 20.5 Å². The maximum Gasteiger partial charge on any atom is 0.359 e. The molecule has 6 N–H and O–H groups in total. The Morgan fingerprint density at radius 2 is 2.00 bits per heavy atom. The minimum Gasteiger partial charge on any atom is -0.388 e. The van der Waals surface area contributed by atoms with Crippen molar-refractivity contribution in [2.45, 2.75) is 69.6 Å². The number of imidazole rings is 1. The normalized spacial score (nSPS) is 26.1. The third kappa shape index (κ3) is 4.42. The molecule has 15 nitrogen and oxygen atoms in total.